The number of hydrogen-bond donors (Lipinski definition) is 2. The highest BCUT2D eigenvalue weighted by atomic mass is 32.2. The number of nitrogens with zero attached hydrogens (tertiary/aromatic N) is 1. The minimum Gasteiger partial charge on any atom is -0.393 e. The number of carbonyl (C=O) groups excluding carboxylic acids is 1. The van der Waals surface area contributed by atoms with Crippen molar-refractivity contribution in [1.82, 2.24) is 9.62 Å². The molecule has 0 radical (unpaired) electrons. The Morgan fingerprint density at radius 1 is 1.08 bits per heavy atom. The van der Waals surface area contributed by atoms with E-state index in [1.54, 1.807) is 17.0 Å². The van der Waals surface area contributed by atoms with E-state index in [1.165, 1.54) is 12.1 Å². The topological polar surface area (TPSA) is 86.7 Å². The average molecular weight is 374 g/mol. The van der Waals surface area contributed by atoms with Crippen molar-refractivity contribution in [2.75, 3.05) is 13.1 Å². The van der Waals surface area contributed by atoms with E-state index in [4.69, 9.17) is 0 Å². The summed E-state index contributed by atoms with van der Waals surface area (Å²) in [6.07, 6.45) is 0.720. The van der Waals surface area contributed by atoms with E-state index < -0.39 is 10.0 Å². The molecule has 0 unspecified atom stereocenters. The fraction of sp³-hybridized carbons (Fsp3) is 0.316. The van der Waals surface area contributed by atoms with E-state index in [2.05, 4.69) is 4.72 Å². The Hall–Kier alpha value is -2.22. The second kappa shape index (κ2) is 7.99. The number of aliphatic hydroxyl groups excluding tert-OH is 1. The first kappa shape index (κ1) is 18.6. The molecule has 0 aromatic heterocycles. The number of rotatable bonds is 5. The molecular weight excluding hydrogens is 352 g/mol. The number of nitrogens with one attached hydrogen (secondary N) is 1. The normalized spacial score (nSPS) is 15.8. The first-order chi connectivity index (χ1) is 12.5. The Balaban J connectivity index is 1.72. The number of sulfonamides is 1. The van der Waals surface area contributed by atoms with Gasteiger partial charge in [0.2, 0.25) is 10.0 Å². The molecule has 1 aliphatic rings. The van der Waals surface area contributed by atoms with Crippen LogP contribution in [-0.2, 0) is 16.6 Å². The van der Waals surface area contributed by atoms with Crippen LogP contribution < -0.4 is 4.72 Å². The highest BCUT2D eigenvalue weighted by Crippen LogP contribution is 2.17. The molecule has 1 aliphatic heterocycles. The minimum absolute atomic E-state index is 0.0660. The van der Waals surface area contributed by atoms with Crippen LogP contribution in [0, 0.1) is 0 Å². The largest absolute Gasteiger partial charge is 0.393 e. The molecular formula is C19H22N2O4S. The van der Waals surface area contributed by atoms with Crippen LogP contribution in [0.4, 0.5) is 0 Å². The van der Waals surface area contributed by atoms with Gasteiger partial charge in [0.25, 0.3) is 5.91 Å². The van der Waals surface area contributed by atoms with Gasteiger partial charge in [0.1, 0.15) is 0 Å². The third-order valence-corrected chi connectivity index (χ3v) is 5.85. The second-order valence-corrected chi connectivity index (χ2v) is 8.13. The van der Waals surface area contributed by atoms with Crippen molar-refractivity contribution in [3.05, 3.63) is 65.7 Å². The maximum Gasteiger partial charge on any atom is 0.253 e. The van der Waals surface area contributed by atoms with E-state index in [9.17, 15) is 18.3 Å². The summed E-state index contributed by atoms with van der Waals surface area (Å²) in [6, 6.07) is 15.3. The van der Waals surface area contributed by atoms with Crippen LogP contribution in [-0.4, -0.2) is 43.5 Å². The standard InChI is InChI=1S/C19H22N2O4S/c22-17-9-11-21(12-10-17)19(23)16-7-4-8-18(13-16)26(24,25)20-14-15-5-2-1-3-6-15/h1-8,13,17,20,22H,9-12,14H2. The van der Waals surface area contributed by atoms with Gasteiger partial charge in [0.15, 0.2) is 0 Å². The van der Waals surface area contributed by atoms with Crippen LogP contribution in [0.25, 0.3) is 0 Å². The maximum atomic E-state index is 12.6. The van der Waals surface area contributed by atoms with Crippen molar-refractivity contribution in [1.29, 1.82) is 0 Å². The van der Waals surface area contributed by atoms with Gasteiger partial charge in [0, 0.05) is 25.2 Å². The fourth-order valence-corrected chi connectivity index (χ4v) is 3.97. The summed E-state index contributed by atoms with van der Waals surface area (Å²) in [7, 11) is -3.71. The van der Waals surface area contributed by atoms with Gasteiger partial charge < -0.3 is 10.0 Å². The van der Waals surface area contributed by atoms with Gasteiger partial charge >= 0.3 is 0 Å². The Labute approximate surface area is 153 Å². The minimum atomic E-state index is -3.71. The summed E-state index contributed by atoms with van der Waals surface area (Å²) in [5, 5.41) is 9.56. The third-order valence-electron chi connectivity index (χ3n) is 4.45. The lowest BCUT2D eigenvalue weighted by atomic mass is 10.1. The van der Waals surface area contributed by atoms with Crippen molar-refractivity contribution >= 4 is 15.9 Å². The van der Waals surface area contributed by atoms with E-state index >= 15 is 0 Å². The molecule has 7 heteroatoms. The first-order valence-corrected chi connectivity index (χ1v) is 10.0. The van der Waals surface area contributed by atoms with Crippen LogP contribution in [0.2, 0.25) is 0 Å². The van der Waals surface area contributed by atoms with Crippen LogP contribution in [0.1, 0.15) is 28.8 Å². The Kier molecular flexibility index (Phi) is 5.70. The molecule has 6 nitrogen and oxygen atoms in total. The van der Waals surface area contributed by atoms with E-state index in [1.807, 2.05) is 30.3 Å². The fourth-order valence-electron chi connectivity index (χ4n) is 2.91. The highest BCUT2D eigenvalue weighted by molar-refractivity contribution is 7.89. The lowest BCUT2D eigenvalue weighted by Gasteiger charge is -2.29. The van der Waals surface area contributed by atoms with Crippen molar-refractivity contribution in [3.8, 4) is 0 Å². The summed E-state index contributed by atoms with van der Waals surface area (Å²) in [5.74, 6) is -0.211. The number of aliphatic hydroxyl groups is 1. The number of piperidine rings is 1. The summed E-state index contributed by atoms with van der Waals surface area (Å²) >= 11 is 0. The second-order valence-electron chi connectivity index (χ2n) is 6.36. The van der Waals surface area contributed by atoms with Crippen LogP contribution in [0.15, 0.2) is 59.5 Å². The quantitative estimate of drug-likeness (QED) is 0.835. The lowest BCUT2D eigenvalue weighted by molar-refractivity contribution is 0.0546. The van der Waals surface area contributed by atoms with Crippen molar-refractivity contribution < 1.29 is 18.3 Å². The predicted molar refractivity (Wildman–Crippen MR) is 98.1 cm³/mol. The molecule has 0 spiro atoms. The third kappa shape index (κ3) is 4.49. The van der Waals surface area contributed by atoms with Crippen molar-refractivity contribution in [2.24, 2.45) is 0 Å². The maximum absolute atomic E-state index is 12.6. The zero-order valence-electron chi connectivity index (χ0n) is 14.3. The SMILES string of the molecule is O=C(c1cccc(S(=O)(=O)NCc2ccccc2)c1)N1CCC(O)CC1. The predicted octanol–water partition coefficient (Wildman–Crippen LogP) is 1.76. The molecule has 2 aromatic carbocycles. The molecule has 0 aliphatic carbocycles. The van der Waals surface area contributed by atoms with Gasteiger partial charge in [-0.25, -0.2) is 13.1 Å². The van der Waals surface area contributed by atoms with Crippen LogP contribution >= 0.6 is 0 Å². The number of benzene rings is 2. The summed E-state index contributed by atoms with van der Waals surface area (Å²) in [5.41, 5.74) is 1.19. The number of hydrogen-bond acceptors (Lipinski definition) is 4. The molecule has 26 heavy (non-hydrogen) atoms. The molecule has 0 atom stereocenters. The average Bonchev–Trinajstić information content (AvgIpc) is 2.67. The summed E-state index contributed by atoms with van der Waals surface area (Å²) < 4.78 is 27.6. The molecule has 2 N–H and O–H groups in total. The van der Waals surface area contributed by atoms with Gasteiger partial charge in [-0.3, -0.25) is 4.79 Å². The van der Waals surface area contributed by atoms with E-state index in [-0.39, 0.29) is 23.5 Å². The molecule has 0 saturated carbocycles. The smallest absolute Gasteiger partial charge is 0.253 e. The molecule has 1 fully saturated rings. The van der Waals surface area contributed by atoms with Crippen LogP contribution in [0.3, 0.4) is 0 Å². The van der Waals surface area contributed by atoms with Gasteiger partial charge in [-0.15, -0.1) is 0 Å². The van der Waals surface area contributed by atoms with Gasteiger partial charge in [-0.05, 0) is 36.6 Å². The first-order valence-electron chi connectivity index (χ1n) is 8.57. The zero-order valence-corrected chi connectivity index (χ0v) is 15.2. The molecule has 3 rings (SSSR count). The number of amides is 1. The molecule has 0 bridgehead atoms. The van der Waals surface area contributed by atoms with E-state index in [0.29, 0.717) is 31.5 Å². The van der Waals surface area contributed by atoms with Crippen molar-refractivity contribution in [2.45, 2.75) is 30.4 Å². The monoisotopic (exact) mass is 374 g/mol. The molecule has 2 aromatic rings. The highest BCUT2D eigenvalue weighted by Gasteiger charge is 2.23. The van der Waals surface area contributed by atoms with Gasteiger partial charge in [-0.1, -0.05) is 36.4 Å². The lowest BCUT2D eigenvalue weighted by Crippen LogP contribution is -2.40. The Morgan fingerprint density at radius 2 is 1.77 bits per heavy atom. The Morgan fingerprint density at radius 3 is 2.46 bits per heavy atom. The number of carbonyl (C=O) groups is 1. The molecule has 1 heterocycles. The van der Waals surface area contributed by atoms with Gasteiger partial charge in [-0.2, -0.15) is 0 Å². The molecule has 1 saturated heterocycles. The van der Waals surface area contributed by atoms with Crippen molar-refractivity contribution in [3.63, 3.8) is 0 Å². The zero-order chi connectivity index (χ0) is 18.6. The van der Waals surface area contributed by atoms with Gasteiger partial charge in [0.05, 0.1) is 11.0 Å². The number of likely N-dealkylation sites (tertiary alicyclic amines) is 1. The van der Waals surface area contributed by atoms with Crippen LogP contribution in [0.5, 0.6) is 0 Å². The van der Waals surface area contributed by atoms with E-state index in [0.717, 1.165) is 5.56 Å². The summed E-state index contributed by atoms with van der Waals surface area (Å²) in [4.78, 5) is 14.3. The summed E-state index contributed by atoms with van der Waals surface area (Å²) in [6.45, 7) is 1.14. The molecule has 138 valence electrons. The Bertz CT molecular complexity index is 860. The molecule has 1 amide bonds.